The Morgan fingerprint density at radius 2 is 2.16 bits per heavy atom. The van der Waals surface area contributed by atoms with Gasteiger partial charge in [0.1, 0.15) is 0 Å². The van der Waals surface area contributed by atoms with E-state index in [4.69, 9.17) is 0 Å². The van der Waals surface area contributed by atoms with Crippen LogP contribution >= 0.6 is 15.9 Å². The van der Waals surface area contributed by atoms with Crippen molar-refractivity contribution < 1.29 is 8.42 Å². The Labute approximate surface area is 123 Å². The van der Waals surface area contributed by atoms with E-state index in [0.717, 1.165) is 31.4 Å². The van der Waals surface area contributed by atoms with Crippen molar-refractivity contribution in [3.63, 3.8) is 0 Å². The topological polar surface area (TPSA) is 58.2 Å². The molecular formula is C13H19BrN2O2S. The van der Waals surface area contributed by atoms with Gasteiger partial charge < -0.3 is 5.32 Å². The van der Waals surface area contributed by atoms with Gasteiger partial charge in [-0.3, -0.25) is 0 Å². The maximum atomic E-state index is 12.4. The Bertz CT molecular complexity index is 538. The van der Waals surface area contributed by atoms with Crippen molar-refractivity contribution in [1.29, 1.82) is 0 Å². The smallest absolute Gasteiger partial charge is 0.241 e. The quantitative estimate of drug-likeness (QED) is 0.881. The molecule has 1 saturated heterocycles. The first kappa shape index (κ1) is 15.0. The lowest BCUT2D eigenvalue weighted by Gasteiger charge is -2.17. The van der Waals surface area contributed by atoms with Crippen LogP contribution in [0.15, 0.2) is 27.6 Å². The minimum atomic E-state index is -3.46. The summed E-state index contributed by atoms with van der Waals surface area (Å²) in [4.78, 5) is 0.308. The first-order valence-electron chi connectivity index (χ1n) is 6.48. The monoisotopic (exact) mass is 346 g/mol. The molecule has 0 bridgehead atoms. The molecule has 1 fully saturated rings. The largest absolute Gasteiger partial charge is 0.315 e. The summed E-state index contributed by atoms with van der Waals surface area (Å²) in [7, 11) is -3.46. The number of aryl methyl sites for hydroxylation is 1. The molecule has 1 aromatic carbocycles. The highest BCUT2D eigenvalue weighted by Gasteiger charge is 2.22. The van der Waals surface area contributed by atoms with E-state index in [1.165, 1.54) is 0 Å². The third kappa shape index (κ3) is 4.02. The molecule has 1 aliphatic rings. The number of rotatable bonds is 3. The van der Waals surface area contributed by atoms with Crippen LogP contribution in [0.4, 0.5) is 0 Å². The summed E-state index contributed by atoms with van der Waals surface area (Å²) < 4.78 is 28.2. The predicted octanol–water partition coefficient (Wildman–Crippen LogP) is 2.18. The molecule has 1 unspecified atom stereocenters. The lowest BCUT2D eigenvalue weighted by atomic mass is 10.2. The molecule has 106 valence electrons. The Morgan fingerprint density at radius 1 is 1.37 bits per heavy atom. The second kappa shape index (κ2) is 6.35. The fraction of sp³-hybridized carbons (Fsp3) is 0.538. The standard InChI is InChI=1S/C13H19BrN2O2S/c1-10-5-6-13(12(14)8-10)19(17,18)16-11-4-2-3-7-15-9-11/h5-6,8,11,15-16H,2-4,7,9H2,1H3. The molecule has 1 aromatic rings. The second-order valence-electron chi connectivity index (χ2n) is 4.95. The molecule has 0 aromatic heterocycles. The van der Waals surface area contributed by atoms with Gasteiger partial charge in [0.05, 0.1) is 4.90 Å². The maximum absolute atomic E-state index is 12.4. The molecule has 0 amide bonds. The predicted molar refractivity (Wildman–Crippen MR) is 79.7 cm³/mol. The van der Waals surface area contributed by atoms with Crippen LogP contribution in [0.2, 0.25) is 0 Å². The third-order valence-corrected chi connectivity index (χ3v) is 5.74. The zero-order valence-corrected chi connectivity index (χ0v) is 13.4. The molecule has 1 aliphatic heterocycles. The van der Waals surface area contributed by atoms with E-state index in [1.54, 1.807) is 6.07 Å². The van der Waals surface area contributed by atoms with Gasteiger partial charge in [-0.15, -0.1) is 0 Å². The van der Waals surface area contributed by atoms with E-state index in [2.05, 4.69) is 26.0 Å². The molecule has 6 heteroatoms. The number of halogens is 1. The maximum Gasteiger partial charge on any atom is 0.241 e. The van der Waals surface area contributed by atoms with E-state index in [9.17, 15) is 8.42 Å². The minimum Gasteiger partial charge on any atom is -0.315 e. The van der Waals surface area contributed by atoms with Crippen LogP contribution < -0.4 is 10.0 Å². The number of hydrogen-bond acceptors (Lipinski definition) is 3. The minimum absolute atomic E-state index is 0.0271. The van der Waals surface area contributed by atoms with E-state index in [1.807, 2.05) is 19.1 Å². The zero-order chi connectivity index (χ0) is 13.9. The Morgan fingerprint density at radius 3 is 2.89 bits per heavy atom. The highest BCUT2D eigenvalue weighted by molar-refractivity contribution is 9.10. The normalized spacial score (nSPS) is 21.1. The summed E-state index contributed by atoms with van der Waals surface area (Å²) in [6.07, 6.45) is 3.04. The van der Waals surface area contributed by atoms with Crippen LogP contribution in [0.5, 0.6) is 0 Å². The summed E-state index contributed by atoms with van der Waals surface area (Å²) in [6.45, 7) is 3.60. The highest BCUT2D eigenvalue weighted by Crippen LogP contribution is 2.23. The fourth-order valence-electron chi connectivity index (χ4n) is 2.23. The molecule has 0 spiro atoms. The number of nitrogens with one attached hydrogen (secondary N) is 2. The molecule has 0 aliphatic carbocycles. The first-order valence-corrected chi connectivity index (χ1v) is 8.76. The van der Waals surface area contributed by atoms with E-state index >= 15 is 0 Å². The lowest BCUT2D eigenvalue weighted by Crippen LogP contribution is -2.40. The average Bonchev–Trinajstić information content (AvgIpc) is 2.56. The number of sulfonamides is 1. The molecule has 2 N–H and O–H groups in total. The molecule has 0 saturated carbocycles. The Balaban J connectivity index is 2.17. The van der Waals surface area contributed by atoms with E-state index < -0.39 is 10.0 Å². The van der Waals surface area contributed by atoms with Crippen LogP contribution in [0.1, 0.15) is 24.8 Å². The van der Waals surface area contributed by atoms with Crippen LogP contribution in [0.25, 0.3) is 0 Å². The fourth-order valence-corrected chi connectivity index (χ4v) is 4.69. The average molecular weight is 347 g/mol. The van der Waals surface area contributed by atoms with Gasteiger partial charge in [0.25, 0.3) is 0 Å². The van der Waals surface area contributed by atoms with E-state index in [0.29, 0.717) is 15.9 Å². The van der Waals surface area contributed by atoms with Crippen molar-refractivity contribution in [1.82, 2.24) is 10.0 Å². The second-order valence-corrected chi connectivity index (χ2v) is 7.49. The summed E-state index contributed by atoms with van der Waals surface area (Å²) in [6, 6.07) is 5.25. The van der Waals surface area contributed by atoms with Gasteiger partial charge in [0.2, 0.25) is 10.0 Å². The number of benzene rings is 1. The van der Waals surface area contributed by atoms with Gasteiger partial charge in [0, 0.05) is 17.1 Å². The van der Waals surface area contributed by atoms with Crippen LogP contribution in [0, 0.1) is 6.92 Å². The Kier molecular flexibility index (Phi) is 5.00. The highest BCUT2D eigenvalue weighted by atomic mass is 79.9. The lowest BCUT2D eigenvalue weighted by molar-refractivity contribution is 0.521. The van der Waals surface area contributed by atoms with Gasteiger partial charge in [-0.1, -0.05) is 12.5 Å². The summed E-state index contributed by atoms with van der Waals surface area (Å²) in [5, 5.41) is 3.26. The van der Waals surface area contributed by atoms with Crippen molar-refractivity contribution in [2.45, 2.75) is 37.1 Å². The van der Waals surface area contributed by atoms with Crippen LogP contribution in [-0.2, 0) is 10.0 Å². The summed E-state index contributed by atoms with van der Waals surface area (Å²) in [5.41, 5.74) is 1.03. The van der Waals surface area contributed by atoms with E-state index in [-0.39, 0.29) is 6.04 Å². The first-order chi connectivity index (χ1) is 8.99. The molecule has 1 atom stereocenters. The van der Waals surface area contributed by atoms with Crippen LogP contribution in [0.3, 0.4) is 0 Å². The van der Waals surface area contributed by atoms with Gasteiger partial charge >= 0.3 is 0 Å². The summed E-state index contributed by atoms with van der Waals surface area (Å²) in [5.74, 6) is 0. The zero-order valence-electron chi connectivity index (χ0n) is 10.9. The molecule has 19 heavy (non-hydrogen) atoms. The number of hydrogen-bond donors (Lipinski definition) is 2. The molecule has 2 rings (SSSR count). The van der Waals surface area contributed by atoms with Gasteiger partial charge in [-0.2, -0.15) is 0 Å². The van der Waals surface area contributed by atoms with Crippen LogP contribution in [-0.4, -0.2) is 27.5 Å². The van der Waals surface area contributed by atoms with Crippen molar-refractivity contribution in [2.24, 2.45) is 0 Å². The molecule has 4 nitrogen and oxygen atoms in total. The van der Waals surface area contributed by atoms with Crippen molar-refractivity contribution >= 4 is 26.0 Å². The third-order valence-electron chi connectivity index (χ3n) is 3.25. The van der Waals surface area contributed by atoms with Gasteiger partial charge in [-0.05, 0) is 59.9 Å². The molecule has 1 heterocycles. The molecule has 0 radical (unpaired) electrons. The van der Waals surface area contributed by atoms with Gasteiger partial charge in [-0.25, -0.2) is 13.1 Å². The Hall–Kier alpha value is -0.430. The van der Waals surface area contributed by atoms with Crippen molar-refractivity contribution in [3.8, 4) is 0 Å². The van der Waals surface area contributed by atoms with Crippen molar-refractivity contribution in [2.75, 3.05) is 13.1 Å². The summed E-state index contributed by atoms with van der Waals surface area (Å²) >= 11 is 3.33. The van der Waals surface area contributed by atoms with Gasteiger partial charge in [0.15, 0.2) is 0 Å². The SMILES string of the molecule is Cc1ccc(S(=O)(=O)NC2CCCCNC2)c(Br)c1. The molecular weight excluding hydrogens is 328 g/mol. The van der Waals surface area contributed by atoms with Crippen molar-refractivity contribution in [3.05, 3.63) is 28.2 Å².